The molecule has 0 spiro atoms. The van der Waals surface area contributed by atoms with Gasteiger partial charge in [0.2, 0.25) is 5.91 Å². The largest absolute Gasteiger partial charge is 0.497 e. The molecule has 1 aliphatic heterocycles. The molecule has 30 heavy (non-hydrogen) atoms. The van der Waals surface area contributed by atoms with Crippen LogP contribution in [-0.4, -0.2) is 37.0 Å². The maximum atomic E-state index is 14.0. The number of amides is 3. The molecule has 1 heterocycles. The monoisotopic (exact) mass is 477 g/mol. The van der Waals surface area contributed by atoms with E-state index >= 15 is 0 Å². The average Bonchev–Trinajstić information content (AvgIpc) is 2.74. The quantitative estimate of drug-likeness (QED) is 0.663. The lowest BCUT2D eigenvalue weighted by atomic mass is 9.79. The van der Waals surface area contributed by atoms with Gasteiger partial charge in [0.25, 0.3) is 0 Å². The highest BCUT2D eigenvalue weighted by molar-refractivity contribution is 9.10. The summed E-state index contributed by atoms with van der Waals surface area (Å²) in [6.45, 7) is 3.21. The van der Waals surface area contributed by atoms with Crippen LogP contribution in [0.1, 0.15) is 25.3 Å². The lowest BCUT2D eigenvalue weighted by Crippen LogP contribution is -2.49. The van der Waals surface area contributed by atoms with Crippen molar-refractivity contribution in [1.82, 2.24) is 10.2 Å². The number of methoxy groups -OCH3 is 1. The predicted molar refractivity (Wildman–Crippen MR) is 117 cm³/mol. The minimum Gasteiger partial charge on any atom is -0.497 e. The maximum Gasteiger partial charge on any atom is 0.321 e. The number of benzene rings is 2. The van der Waals surface area contributed by atoms with E-state index in [4.69, 9.17) is 4.74 Å². The van der Waals surface area contributed by atoms with Crippen molar-refractivity contribution in [2.45, 2.75) is 26.3 Å². The van der Waals surface area contributed by atoms with E-state index in [1.165, 1.54) is 12.1 Å². The van der Waals surface area contributed by atoms with E-state index in [1.54, 1.807) is 18.1 Å². The zero-order valence-electron chi connectivity index (χ0n) is 17.0. The molecule has 1 saturated heterocycles. The first-order valence-corrected chi connectivity index (χ1v) is 10.5. The number of rotatable bonds is 5. The summed E-state index contributed by atoms with van der Waals surface area (Å²) in [6.07, 6.45) is 1.08. The zero-order chi connectivity index (χ0) is 21.7. The minimum atomic E-state index is -0.549. The summed E-state index contributed by atoms with van der Waals surface area (Å²) in [7, 11) is 1.61. The Hall–Kier alpha value is -2.61. The summed E-state index contributed by atoms with van der Waals surface area (Å²) in [5, 5.41) is 5.59. The van der Waals surface area contributed by atoms with Crippen LogP contribution in [0.2, 0.25) is 0 Å². The van der Waals surface area contributed by atoms with Crippen LogP contribution in [0.5, 0.6) is 5.75 Å². The van der Waals surface area contributed by atoms with Crippen molar-refractivity contribution in [3.63, 3.8) is 0 Å². The number of hydrogen-bond acceptors (Lipinski definition) is 3. The molecule has 2 aromatic rings. The van der Waals surface area contributed by atoms with E-state index in [2.05, 4.69) is 26.6 Å². The Morgan fingerprint density at radius 1 is 1.17 bits per heavy atom. The summed E-state index contributed by atoms with van der Waals surface area (Å²) in [6, 6.07) is 11.7. The van der Waals surface area contributed by atoms with Gasteiger partial charge in [-0.2, -0.15) is 0 Å². The molecule has 0 radical (unpaired) electrons. The average molecular weight is 478 g/mol. The van der Waals surface area contributed by atoms with Gasteiger partial charge in [0, 0.05) is 29.5 Å². The molecule has 2 aromatic carbocycles. The number of piperidine rings is 1. The number of likely N-dealkylation sites (tertiary alicyclic amines) is 1. The van der Waals surface area contributed by atoms with Crippen LogP contribution in [0.15, 0.2) is 46.9 Å². The molecular formula is C22H25BrFN3O3. The van der Waals surface area contributed by atoms with Crippen molar-refractivity contribution in [2.75, 3.05) is 25.5 Å². The highest BCUT2D eigenvalue weighted by Gasteiger charge is 2.38. The third-order valence-electron chi connectivity index (χ3n) is 5.49. The lowest BCUT2D eigenvalue weighted by Gasteiger charge is -2.38. The first-order chi connectivity index (χ1) is 14.3. The molecule has 8 heteroatoms. The van der Waals surface area contributed by atoms with Gasteiger partial charge >= 0.3 is 6.03 Å². The Labute approximate surface area is 183 Å². The van der Waals surface area contributed by atoms with Crippen molar-refractivity contribution in [2.24, 2.45) is 5.41 Å². The van der Waals surface area contributed by atoms with Crippen LogP contribution in [-0.2, 0) is 11.3 Å². The summed E-state index contributed by atoms with van der Waals surface area (Å²) >= 11 is 3.19. The second-order valence-corrected chi connectivity index (χ2v) is 8.55. The smallest absolute Gasteiger partial charge is 0.321 e. The van der Waals surface area contributed by atoms with Crippen LogP contribution in [0, 0.1) is 11.2 Å². The van der Waals surface area contributed by atoms with Gasteiger partial charge in [-0.1, -0.05) is 35.0 Å². The molecule has 0 saturated carbocycles. The molecule has 0 bridgehead atoms. The molecule has 6 nitrogen and oxygen atoms in total. The number of ether oxygens (including phenoxy) is 1. The normalized spacial score (nSPS) is 15.4. The van der Waals surface area contributed by atoms with E-state index in [0.717, 1.165) is 11.3 Å². The SMILES string of the molecule is COc1ccc(CNC(=O)C2(C)CCN(C(=O)Nc3ccc(Br)cc3F)CC2)cc1. The molecule has 3 amide bonds. The standard InChI is InChI=1S/C22H25BrFN3O3/c1-22(20(28)25-14-15-3-6-17(30-2)7-4-15)9-11-27(12-10-22)21(29)26-19-8-5-16(23)13-18(19)24/h3-8,13H,9-12,14H2,1-2H3,(H,25,28)(H,26,29). The Kier molecular flexibility index (Phi) is 6.97. The molecule has 3 rings (SSSR count). The minimum absolute atomic E-state index is 0.0302. The van der Waals surface area contributed by atoms with E-state index in [-0.39, 0.29) is 17.6 Å². The number of halogens is 2. The predicted octanol–water partition coefficient (Wildman–Crippen LogP) is 4.55. The highest BCUT2D eigenvalue weighted by Crippen LogP contribution is 2.31. The molecule has 160 valence electrons. The molecule has 0 atom stereocenters. The van der Waals surface area contributed by atoms with Crippen molar-refractivity contribution >= 4 is 33.6 Å². The second-order valence-electron chi connectivity index (χ2n) is 7.63. The van der Waals surface area contributed by atoms with Crippen molar-refractivity contribution in [3.8, 4) is 5.75 Å². The number of nitrogens with zero attached hydrogens (tertiary/aromatic N) is 1. The van der Waals surface area contributed by atoms with Crippen molar-refractivity contribution in [1.29, 1.82) is 0 Å². The number of anilines is 1. The topological polar surface area (TPSA) is 70.7 Å². The van der Waals surface area contributed by atoms with Gasteiger partial charge in [-0.15, -0.1) is 0 Å². The van der Waals surface area contributed by atoms with Gasteiger partial charge in [0.1, 0.15) is 11.6 Å². The molecule has 1 fully saturated rings. The first kappa shape index (κ1) is 22.1. The Morgan fingerprint density at radius 2 is 1.83 bits per heavy atom. The zero-order valence-corrected chi connectivity index (χ0v) is 18.6. The third-order valence-corrected chi connectivity index (χ3v) is 5.98. The fraction of sp³-hybridized carbons (Fsp3) is 0.364. The lowest BCUT2D eigenvalue weighted by molar-refractivity contribution is -0.132. The number of urea groups is 1. The van der Waals surface area contributed by atoms with Crippen LogP contribution in [0.4, 0.5) is 14.9 Å². The van der Waals surface area contributed by atoms with Crippen LogP contribution < -0.4 is 15.4 Å². The summed E-state index contributed by atoms with van der Waals surface area (Å²) in [5.41, 5.74) is 0.571. The summed E-state index contributed by atoms with van der Waals surface area (Å²) in [4.78, 5) is 26.8. The van der Waals surface area contributed by atoms with Gasteiger partial charge in [0.15, 0.2) is 0 Å². The van der Waals surface area contributed by atoms with Gasteiger partial charge < -0.3 is 20.3 Å². The third kappa shape index (κ3) is 5.30. The first-order valence-electron chi connectivity index (χ1n) is 9.73. The van der Waals surface area contributed by atoms with Gasteiger partial charge in [-0.05, 0) is 48.7 Å². The molecule has 0 aliphatic carbocycles. The van der Waals surface area contributed by atoms with Gasteiger partial charge in [-0.25, -0.2) is 9.18 Å². The Morgan fingerprint density at radius 3 is 2.43 bits per heavy atom. The Bertz CT molecular complexity index is 912. The molecule has 1 aliphatic rings. The van der Waals surface area contributed by atoms with E-state index < -0.39 is 11.2 Å². The van der Waals surface area contributed by atoms with Crippen molar-refractivity contribution in [3.05, 3.63) is 58.3 Å². The van der Waals surface area contributed by atoms with Crippen LogP contribution in [0.3, 0.4) is 0 Å². The van der Waals surface area contributed by atoms with E-state index in [0.29, 0.717) is 36.9 Å². The van der Waals surface area contributed by atoms with E-state index in [9.17, 15) is 14.0 Å². The highest BCUT2D eigenvalue weighted by atomic mass is 79.9. The second kappa shape index (κ2) is 9.47. The van der Waals surface area contributed by atoms with Gasteiger partial charge in [0.05, 0.1) is 12.8 Å². The maximum absolute atomic E-state index is 14.0. The number of hydrogen-bond donors (Lipinski definition) is 2. The van der Waals surface area contributed by atoms with Crippen LogP contribution >= 0.6 is 15.9 Å². The fourth-order valence-corrected chi connectivity index (χ4v) is 3.69. The number of nitrogens with one attached hydrogen (secondary N) is 2. The Balaban J connectivity index is 1.51. The summed E-state index contributed by atoms with van der Waals surface area (Å²) in [5.74, 6) is 0.237. The molecular weight excluding hydrogens is 453 g/mol. The molecule has 0 aromatic heterocycles. The van der Waals surface area contributed by atoms with Crippen molar-refractivity contribution < 1.29 is 18.7 Å². The number of carbonyl (C=O) groups excluding carboxylic acids is 2. The molecule has 2 N–H and O–H groups in total. The number of carbonyl (C=O) groups is 2. The van der Waals surface area contributed by atoms with Gasteiger partial charge in [-0.3, -0.25) is 4.79 Å². The van der Waals surface area contributed by atoms with Crippen LogP contribution in [0.25, 0.3) is 0 Å². The van der Waals surface area contributed by atoms with E-state index in [1.807, 2.05) is 31.2 Å². The summed E-state index contributed by atoms with van der Waals surface area (Å²) < 4.78 is 19.7. The fourth-order valence-electron chi connectivity index (χ4n) is 3.35. The molecule has 0 unspecified atom stereocenters.